The predicted octanol–water partition coefficient (Wildman–Crippen LogP) is 4.18. The molecule has 0 saturated heterocycles. The molecule has 0 amide bonds. The van der Waals surface area contributed by atoms with E-state index < -0.39 is 0 Å². The van der Waals surface area contributed by atoms with Crippen molar-refractivity contribution < 1.29 is 0 Å². The second kappa shape index (κ2) is 7.07. The molecule has 0 heterocycles. The standard InChI is InChI=1S/C15H25P/c1-4-6-8-13-10-11-15(16)12(3)14(13)9-7-5-2/h10-11H,4-9,16H2,1-3H3. The Morgan fingerprint density at radius 3 is 2.25 bits per heavy atom. The number of hydrogen-bond donors (Lipinski definition) is 0. The third-order valence-electron chi connectivity index (χ3n) is 3.32. The Kier molecular flexibility index (Phi) is 6.06. The second-order valence-corrected chi connectivity index (χ2v) is 5.25. The fourth-order valence-electron chi connectivity index (χ4n) is 2.13. The van der Waals surface area contributed by atoms with Gasteiger partial charge in [0.1, 0.15) is 0 Å². The number of unbranched alkanes of at least 4 members (excludes halogenated alkanes) is 2. The Labute approximate surface area is 103 Å². The molecule has 0 nitrogen and oxygen atoms in total. The Balaban J connectivity index is 2.91. The molecule has 16 heavy (non-hydrogen) atoms. The molecule has 1 aromatic carbocycles. The zero-order chi connectivity index (χ0) is 12.0. The molecule has 1 heteroatoms. The smallest absolute Gasteiger partial charge is 0.0271 e. The summed E-state index contributed by atoms with van der Waals surface area (Å²) in [6, 6.07) is 4.58. The maximum absolute atomic E-state index is 2.86. The number of hydrogen-bond acceptors (Lipinski definition) is 0. The summed E-state index contributed by atoms with van der Waals surface area (Å²) in [5, 5.41) is 1.37. The molecule has 0 N–H and O–H groups in total. The summed E-state index contributed by atoms with van der Waals surface area (Å²) in [6.45, 7) is 6.80. The number of rotatable bonds is 6. The fourth-order valence-corrected chi connectivity index (χ4v) is 2.40. The van der Waals surface area contributed by atoms with E-state index in [2.05, 4.69) is 42.1 Å². The predicted molar refractivity (Wildman–Crippen MR) is 77.7 cm³/mol. The van der Waals surface area contributed by atoms with Crippen molar-refractivity contribution in [3.63, 3.8) is 0 Å². The highest BCUT2D eigenvalue weighted by atomic mass is 31.0. The molecular formula is C15H25P. The van der Waals surface area contributed by atoms with Crippen molar-refractivity contribution in [3.8, 4) is 0 Å². The topological polar surface area (TPSA) is 0 Å². The van der Waals surface area contributed by atoms with Crippen LogP contribution >= 0.6 is 9.24 Å². The first-order valence-electron chi connectivity index (χ1n) is 6.57. The molecule has 90 valence electrons. The van der Waals surface area contributed by atoms with Crippen molar-refractivity contribution in [1.29, 1.82) is 0 Å². The molecule has 0 radical (unpaired) electrons. The Morgan fingerprint density at radius 1 is 1.00 bits per heavy atom. The van der Waals surface area contributed by atoms with Crippen LogP contribution in [0.25, 0.3) is 0 Å². The molecule has 1 atom stereocenters. The largest absolute Gasteiger partial charge is 0.105 e. The summed E-state index contributed by atoms with van der Waals surface area (Å²) >= 11 is 0. The van der Waals surface area contributed by atoms with Crippen LogP contribution in [0.4, 0.5) is 0 Å². The fraction of sp³-hybridized carbons (Fsp3) is 0.600. The maximum atomic E-state index is 2.86. The molecule has 0 aliphatic rings. The van der Waals surface area contributed by atoms with E-state index in [9.17, 15) is 0 Å². The Hall–Kier alpha value is -0.350. The monoisotopic (exact) mass is 236 g/mol. The highest BCUT2D eigenvalue weighted by molar-refractivity contribution is 7.27. The van der Waals surface area contributed by atoms with Crippen LogP contribution in [0.2, 0.25) is 0 Å². The normalized spacial score (nSPS) is 10.8. The summed E-state index contributed by atoms with van der Waals surface area (Å²) in [5.41, 5.74) is 4.69. The number of aryl methyl sites for hydroxylation is 1. The minimum Gasteiger partial charge on any atom is -0.105 e. The zero-order valence-corrected chi connectivity index (χ0v) is 12.1. The van der Waals surface area contributed by atoms with Crippen molar-refractivity contribution in [1.82, 2.24) is 0 Å². The van der Waals surface area contributed by atoms with Crippen molar-refractivity contribution in [2.24, 2.45) is 0 Å². The van der Waals surface area contributed by atoms with E-state index in [1.165, 1.54) is 49.4 Å². The van der Waals surface area contributed by atoms with Crippen LogP contribution in [0.5, 0.6) is 0 Å². The molecule has 1 rings (SSSR count). The SMILES string of the molecule is CCCCc1ccc(P)c(C)c1CCCC. The van der Waals surface area contributed by atoms with Gasteiger partial charge in [-0.05, 0) is 54.6 Å². The van der Waals surface area contributed by atoms with Crippen molar-refractivity contribution in [3.05, 3.63) is 28.8 Å². The van der Waals surface area contributed by atoms with Crippen LogP contribution in [-0.4, -0.2) is 0 Å². The van der Waals surface area contributed by atoms with Gasteiger partial charge < -0.3 is 0 Å². The Morgan fingerprint density at radius 2 is 1.62 bits per heavy atom. The second-order valence-electron chi connectivity index (χ2n) is 4.62. The van der Waals surface area contributed by atoms with Gasteiger partial charge in [0.15, 0.2) is 0 Å². The van der Waals surface area contributed by atoms with Crippen molar-refractivity contribution in [2.75, 3.05) is 0 Å². The van der Waals surface area contributed by atoms with Gasteiger partial charge in [0.2, 0.25) is 0 Å². The number of benzene rings is 1. The summed E-state index contributed by atoms with van der Waals surface area (Å²) in [7, 11) is 2.86. The van der Waals surface area contributed by atoms with E-state index in [1.807, 2.05) is 0 Å². The molecule has 0 fully saturated rings. The molecule has 1 aromatic rings. The first kappa shape index (κ1) is 13.7. The summed E-state index contributed by atoms with van der Waals surface area (Å²) in [5.74, 6) is 0. The third-order valence-corrected chi connectivity index (χ3v) is 3.94. The lowest BCUT2D eigenvalue weighted by molar-refractivity contribution is 0.755. The molecule has 1 unspecified atom stereocenters. The first-order valence-corrected chi connectivity index (χ1v) is 7.15. The van der Waals surface area contributed by atoms with Crippen molar-refractivity contribution in [2.45, 2.75) is 59.3 Å². The average Bonchev–Trinajstić information content (AvgIpc) is 2.29. The van der Waals surface area contributed by atoms with Gasteiger partial charge in [0.05, 0.1) is 0 Å². The maximum Gasteiger partial charge on any atom is -0.0271 e. The van der Waals surface area contributed by atoms with E-state index in [0.29, 0.717) is 0 Å². The summed E-state index contributed by atoms with van der Waals surface area (Å²) in [6.07, 6.45) is 7.70. The molecule has 0 spiro atoms. The van der Waals surface area contributed by atoms with Gasteiger partial charge in [-0.1, -0.05) is 38.8 Å². The van der Waals surface area contributed by atoms with Gasteiger partial charge in [-0.2, -0.15) is 0 Å². The molecular weight excluding hydrogens is 211 g/mol. The van der Waals surface area contributed by atoms with Gasteiger partial charge in [-0.25, -0.2) is 0 Å². The van der Waals surface area contributed by atoms with Crippen LogP contribution in [0.3, 0.4) is 0 Å². The van der Waals surface area contributed by atoms with Gasteiger partial charge in [-0.15, -0.1) is 9.24 Å². The van der Waals surface area contributed by atoms with Gasteiger partial charge in [0, 0.05) is 0 Å². The lowest BCUT2D eigenvalue weighted by Gasteiger charge is -2.14. The van der Waals surface area contributed by atoms with Gasteiger partial charge in [-0.3, -0.25) is 0 Å². The van der Waals surface area contributed by atoms with Crippen LogP contribution in [0.1, 0.15) is 56.2 Å². The molecule has 0 aliphatic carbocycles. The Bertz CT molecular complexity index is 328. The lowest BCUT2D eigenvalue weighted by Crippen LogP contribution is -2.06. The van der Waals surface area contributed by atoms with Crippen LogP contribution in [0.15, 0.2) is 12.1 Å². The minimum absolute atomic E-state index is 1.25. The first-order chi connectivity index (χ1) is 7.70. The minimum atomic E-state index is 1.25. The molecule has 0 aliphatic heterocycles. The average molecular weight is 236 g/mol. The lowest BCUT2D eigenvalue weighted by atomic mass is 9.94. The van der Waals surface area contributed by atoms with E-state index in [0.717, 1.165) is 0 Å². The van der Waals surface area contributed by atoms with Crippen molar-refractivity contribution >= 4 is 14.5 Å². The van der Waals surface area contributed by atoms with Gasteiger partial charge >= 0.3 is 0 Å². The van der Waals surface area contributed by atoms with Crippen LogP contribution in [-0.2, 0) is 12.8 Å². The van der Waals surface area contributed by atoms with E-state index in [4.69, 9.17) is 0 Å². The zero-order valence-electron chi connectivity index (χ0n) is 11.0. The highest BCUT2D eigenvalue weighted by Gasteiger charge is 2.07. The van der Waals surface area contributed by atoms with Gasteiger partial charge in [0.25, 0.3) is 0 Å². The van der Waals surface area contributed by atoms with E-state index in [1.54, 1.807) is 11.1 Å². The molecule has 0 aromatic heterocycles. The van der Waals surface area contributed by atoms with Crippen LogP contribution in [0, 0.1) is 6.92 Å². The van der Waals surface area contributed by atoms with E-state index >= 15 is 0 Å². The third kappa shape index (κ3) is 3.59. The van der Waals surface area contributed by atoms with E-state index in [-0.39, 0.29) is 0 Å². The highest BCUT2D eigenvalue weighted by Crippen LogP contribution is 2.19. The summed E-state index contributed by atoms with van der Waals surface area (Å²) < 4.78 is 0. The molecule has 0 bridgehead atoms. The summed E-state index contributed by atoms with van der Waals surface area (Å²) in [4.78, 5) is 0. The van der Waals surface area contributed by atoms with Crippen LogP contribution < -0.4 is 5.30 Å². The molecule has 0 saturated carbocycles. The quantitative estimate of drug-likeness (QED) is 0.650.